The van der Waals surface area contributed by atoms with Gasteiger partial charge in [-0.2, -0.15) is 0 Å². The Morgan fingerprint density at radius 1 is 1.44 bits per heavy atom. The minimum atomic E-state index is -1.18. The molecule has 6 heteroatoms. The van der Waals surface area contributed by atoms with E-state index in [1.54, 1.807) is 0 Å². The van der Waals surface area contributed by atoms with Gasteiger partial charge in [0.1, 0.15) is 11.7 Å². The van der Waals surface area contributed by atoms with Crippen LogP contribution in [0.15, 0.2) is 18.2 Å². The monoisotopic (exact) mass is 249 g/mol. The first-order chi connectivity index (χ1) is 8.49. The van der Waals surface area contributed by atoms with E-state index in [2.05, 4.69) is 5.32 Å². The summed E-state index contributed by atoms with van der Waals surface area (Å²) < 4.78 is 5.14. The van der Waals surface area contributed by atoms with E-state index in [9.17, 15) is 14.4 Å². The van der Waals surface area contributed by atoms with Crippen molar-refractivity contribution in [3.63, 3.8) is 0 Å². The summed E-state index contributed by atoms with van der Waals surface area (Å²) >= 11 is 0. The van der Waals surface area contributed by atoms with E-state index in [4.69, 9.17) is 9.84 Å². The lowest BCUT2D eigenvalue weighted by Gasteiger charge is -2.18. The van der Waals surface area contributed by atoms with Crippen molar-refractivity contribution in [1.29, 1.82) is 0 Å². The van der Waals surface area contributed by atoms with Crippen LogP contribution in [0.3, 0.4) is 0 Å². The summed E-state index contributed by atoms with van der Waals surface area (Å²) in [5.74, 6) is -2.65. The lowest BCUT2D eigenvalue weighted by molar-refractivity contribution is -0.139. The Morgan fingerprint density at radius 3 is 2.83 bits per heavy atom. The molecule has 0 saturated heterocycles. The van der Waals surface area contributed by atoms with Gasteiger partial charge in [0.15, 0.2) is 12.4 Å². The Hall–Kier alpha value is -2.37. The largest absolute Gasteiger partial charge is 0.482 e. The molecular weight excluding hydrogens is 238 g/mol. The number of anilines is 1. The highest BCUT2D eigenvalue weighted by Gasteiger charge is 2.24. The Morgan fingerprint density at radius 2 is 2.17 bits per heavy atom. The molecule has 2 rings (SSSR count). The number of Topliss-reactive ketones (excluding diaryl/α,β-unsaturated/α-hetero) is 1. The molecule has 1 heterocycles. The summed E-state index contributed by atoms with van der Waals surface area (Å²) in [7, 11) is 0. The summed E-state index contributed by atoms with van der Waals surface area (Å²) in [5, 5.41) is 11.3. The molecule has 6 nitrogen and oxygen atoms in total. The summed E-state index contributed by atoms with van der Waals surface area (Å²) in [6, 6.07) is 4.45. The lowest BCUT2D eigenvalue weighted by Crippen LogP contribution is -2.26. The molecule has 1 atom stereocenters. The third-order valence-electron chi connectivity index (χ3n) is 2.66. The van der Waals surface area contributed by atoms with Gasteiger partial charge in [-0.1, -0.05) is 0 Å². The number of carbonyl (C=O) groups excluding carboxylic acids is 2. The first kappa shape index (κ1) is 12.1. The van der Waals surface area contributed by atoms with Crippen molar-refractivity contribution < 1.29 is 24.2 Å². The third-order valence-corrected chi connectivity index (χ3v) is 2.66. The number of hydrogen-bond acceptors (Lipinski definition) is 4. The number of rotatable bonds is 3. The maximum Gasteiger partial charge on any atom is 0.314 e. The quantitative estimate of drug-likeness (QED) is 0.613. The third kappa shape index (κ3) is 2.17. The van der Waals surface area contributed by atoms with Gasteiger partial charge in [-0.05, 0) is 25.1 Å². The van der Waals surface area contributed by atoms with E-state index >= 15 is 0 Å². The molecular formula is C12H11NO5. The molecule has 0 radical (unpaired) electrons. The lowest BCUT2D eigenvalue weighted by atomic mass is 9.99. The number of benzene rings is 1. The molecule has 1 unspecified atom stereocenters. The molecule has 1 aromatic carbocycles. The zero-order valence-electron chi connectivity index (χ0n) is 9.60. The summed E-state index contributed by atoms with van der Waals surface area (Å²) in [6.45, 7) is 1.25. The van der Waals surface area contributed by atoms with Gasteiger partial charge in [0.25, 0.3) is 5.91 Å². The average molecular weight is 249 g/mol. The molecule has 94 valence electrons. The maximum atomic E-state index is 11.8. The highest BCUT2D eigenvalue weighted by Crippen LogP contribution is 2.29. The van der Waals surface area contributed by atoms with Crippen molar-refractivity contribution in [3.8, 4) is 5.75 Å². The molecule has 0 aromatic heterocycles. The number of ketones is 1. The van der Waals surface area contributed by atoms with Gasteiger partial charge in [0.2, 0.25) is 0 Å². The zero-order chi connectivity index (χ0) is 13.3. The predicted molar refractivity (Wildman–Crippen MR) is 61.7 cm³/mol. The summed E-state index contributed by atoms with van der Waals surface area (Å²) in [4.78, 5) is 33.7. The van der Waals surface area contributed by atoms with E-state index in [1.807, 2.05) is 0 Å². The SMILES string of the molecule is CC(C(=O)O)C(=O)c1ccc2c(c1)NC(=O)CO2. The maximum absolute atomic E-state index is 11.8. The van der Waals surface area contributed by atoms with Crippen LogP contribution in [0.5, 0.6) is 5.75 Å². The van der Waals surface area contributed by atoms with Gasteiger partial charge < -0.3 is 15.2 Å². The fourth-order valence-corrected chi connectivity index (χ4v) is 1.60. The van der Waals surface area contributed by atoms with Gasteiger partial charge in [-0.15, -0.1) is 0 Å². The minimum Gasteiger partial charge on any atom is -0.482 e. The van der Waals surface area contributed by atoms with Gasteiger partial charge in [0.05, 0.1) is 5.69 Å². The van der Waals surface area contributed by atoms with Gasteiger partial charge in [-0.3, -0.25) is 14.4 Å². The van der Waals surface area contributed by atoms with Crippen molar-refractivity contribution in [2.24, 2.45) is 5.92 Å². The van der Waals surface area contributed by atoms with Crippen molar-refractivity contribution in [1.82, 2.24) is 0 Å². The van der Waals surface area contributed by atoms with E-state index in [-0.39, 0.29) is 18.1 Å². The van der Waals surface area contributed by atoms with Crippen molar-refractivity contribution >= 4 is 23.3 Å². The van der Waals surface area contributed by atoms with Crippen LogP contribution in [-0.2, 0) is 9.59 Å². The molecule has 1 aromatic rings. The Bertz CT molecular complexity index is 537. The minimum absolute atomic E-state index is 0.0637. The fourth-order valence-electron chi connectivity index (χ4n) is 1.60. The van der Waals surface area contributed by atoms with Gasteiger partial charge in [-0.25, -0.2) is 0 Å². The van der Waals surface area contributed by atoms with Gasteiger partial charge >= 0.3 is 5.97 Å². The molecule has 0 bridgehead atoms. The van der Waals surface area contributed by atoms with E-state index < -0.39 is 17.7 Å². The van der Waals surface area contributed by atoms with Crippen LogP contribution in [0.4, 0.5) is 5.69 Å². The van der Waals surface area contributed by atoms with Crippen molar-refractivity contribution in [2.75, 3.05) is 11.9 Å². The molecule has 1 amide bonds. The van der Waals surface area contributed by atoms with Crippen LogP contribution < -0.4 is 10.1 Å². The highest BCUT2D eigenvalue weighted by atomic mass is 16.5. The van der Waals surface area contributed by atoms with Crippen LogP contribution >= 0.6 is 0 Å². The molecule has 0 spiro atoms. The number of amides is 1. The first-order valence-corrected chi connectivity index (χ1v) is 5.33. The summed E-state index contributed by atoms with van der Waals surface area (Å²) in [5.41, 5.74) is 0.615. The number of carboxylic acid groups (broad SMARTS) is 1. The van der Waals surface area contributed by atoms with Crippen LogP contribution in [0, 0.1) is 5.92 Å². The average Bonchev–Trinajstić information content (AvgIpc) is 2.35. The summed E-state index contributed by atoms with van der Waals surface area (Å²) in [6.07, 6.45) is 0. The number of aliphatic carboxylic acids is 1. The fraction of sp³-hybridized carbons (Fsp3) is 0.250. The first-order valence-electron chi connectivity index (χ1n) is 5.33. The van der Waals surface area contributed by atoms with Crippen LogP contribution in [0.25, 0.3) is 0 Å². The smallest absolute Gasteiger partial charge is 0.314 e. The number of hydrogen-bond donors (Lipinski definition) is 2. The van der Waals surface area contributed by atoms with E-state index in [0.717, 1.165) is 0 Å². The molecule has 1 aliphatic rings. The molecule has 2 N–H and O–H groups in total. The number of carboxylic acids is 1. The number of ether oxygens (including phenoxy) is 1. The molecule has 0 saturated carbocycles. The number of carbonyl (C=O) groups is 3. The van der Waals surface area contributed by atoms with Crippen LogP contribution in [0.1, 0.15) is 17.3 Å². The topological polar surface area (TPSA) is 92.7 Å². The Labute approximate surface area is 103 Å². The van der Waals surface area contributed by atoms with Crippen LogP contribution in [-0.4, -0.2) is 29.4 Å². The normalized spacial score (nSPS) is 15.1. The zero-order valence-corrected chi connectivity index (χ0v) is 9.60. The van der Waals surface area contributed by atoms with Crippen molar-refractivity contribution in [3.05, 3.63) is 23.8 Å². The molecule has 0 aliphatic carbocycles. The highest BCUT2D eigenvalue weighted by molar-refractivity contribution is 6.09. The van der Waals surface area contributed by atoms with E-state index in [1.165, 1.54) is 25.1 Å². The Balaban J connectivity index is 2.31. The second kappa shape index (κ2) is 4.48. The number of nitrogens with one attached hydrogen (secondary N) is 1. The van der Waals surface area contributed by atoms with Crippen LogP contribution in [0.2, 0.25) is 0 Å². The predicted octanol–water partition coefficient (Wildman–Crippen LogP) is 0.921. The Kier molecular flexibility index (Phi) is 3.01. The van der Waals surface area contributed by atoms with Gasteiger partial charge in [0, 0.05) is 5.56 Å². The molecule has 0 fully saturated rings. The van der Waals surface area contributed by atoms with E-state index in [0.29, 0.717) is 11.4 Å². The second-order valence-electron chi connectivity index (χ2n) is 3.97. The second-order valence-corrected chi connectivity index (χ2v) is 3.97. The standard InChI is InChI=1S/C12H11NO5/c1-6(12(16)17)11(15)7-2-3-9-8(4-7)13-10(14)5-18-9/h2-4,6H,5H2,1H3,(H,13,14)(H,16,17). The molecule has 1 aliphatic heterocycles. The molecule has 18 heavy (non-hydrogen) atoms. The number of fused-ring (bicyclic) bond motifs is 1. The van der Waals surface area contributed by atoms with Crippen molar-refractivity contribution in [2.45, 2.75) is 6.92 Å².